The van der Waals surface area contributed by atoms with E-state index in [4.69, 9.17) is 4.74 Å². The predicted molar refractivity (Wildman–Crippen MR) is 69.4 cm³/mol. The first-order chi connectivity index (χ1) is 8.63. The molecule has 0 aliphatic heterocycles. The smallest absolute Gasteiger partial charge is 0.407 e. The van der Waals surface area contributed by atoms with Gasteiger partial charge in [-0.25, -0.2) is 9.18 Å². The molecule has 1 fully saturated rings. The van der Waals surface area contributed by atoms with Crippen molar-refractivity contribution in [2.45, 2.75) is 50.9 Å². The Kier molecular flexibility index (Phi) is 4.55. The van der Waals surface area contributed by atoms with Crippen molar-refractivity contribution in [1.82, 2.24) is 10.6 Å². The van der Waals surface area contributed by atoms with E-state index in [-0.39, 0.29) is 31.3 Å². The molecule has 0 saturated heterocycles. The minimum atomic E-state index is -1.48. The molecule has 0 aromatic rings. The fourth-order valence-electron chi connectivity index (χ4n) is 1.87. The average molecular weight is 272 g/mol. The van der Waals surface area contributed by atoms with Crippen molar-refractivity contribution >= 4 is 12.0 Å². The summed E-state index contributed by atoms with van der Waals surface area (Å²) in [6.45, 7) is 8.43. The zero-order chi connectivity index (χ0) is 14.7. The summed E-state index contributed by atoms with van der Waals surface area (Å²) in [6.07, 6.45) is 0.880. The Morgan fingerprint density at radius 2 is 2.05 bits per heavy atom. The Balaban J connectivity index is 2.26. The molecule has 2 N–H and O–H groups in total. The first kappa shape index (κ1) is 15.5. The third-order valence-corrected chi connectivity index (χ3v) is 2.70. The summed E-state index contributed by atoms with van der Waals surface area (Å²) in [6, 6.07) is -0.198. The molecule has 1 saturated carbocycles. The normalized spacial score (nSPS) is 26.0. The first-order valence-corrected chi connectivity index (χ1v) is 6.22. The van der Waals surface area contributed by atoms with Crippen LogP contribution in [-0.2, 0) is 9.53 Å². The second kappa shape index (κ2) is 5.59. The van der Waals surface area contributed by atoms with E-state index in [2.05, 4.69) is 17.2 Å². The number of alkyl halides is 1. The number of ether oxygens (including phenoxy) is 1. The van der Waals surface area contributed by atoms with E-state index >= 15 is 0 Å². The molecule has 0 atom stereocenters. The van der Waals surface area contributed by atoms with Crippen molar-refractivity contribution in [2.75, 3.05) is 6.54 Å². The molecule has 19 heavy (non-hydrogen) atoms. The standard InChI is InChI=1S/C13H21FN2O3/c1-5-10(17)16-9-6-13(14,7-9)8-15-11(18)19-12(2,3)4/h5,9H,1,6-8H2,2-4H3,(H,15,18)(H,16,17). The van der Waals surface area contributed by atoms with Gasteiger partial charge in [-0.05, 0) is 26.8 Å². The number of alkyl carbamates (subject to hydrolysis) is 1. The van der Waals surface area contributed by atoms with Gasteiger partial charge in [0.25, 0.3) is 0 Å². The maximum Gasteiger partial charge on any atom is 0.407 e. The predicted octanol–water partition coefficient (Wildman–Crippen LogP) is 1.68. The van der Waals surface area contributed by atoms with E-state index in [1.165, 1.54) is 0 Å². The fourth-order valence-corrected chi connectivity index (χ4v) is 1.87. The van der Waals surface area contributed by atoms with Crippen molar-refractivity contribution in [2.24, 2.45) is 0 Å². The molecule has 0 aromatic carbocycles. The number of hydrogen-bond acceptors (Lipinski definition) is 3. The Hall–Kier alpha value is -1.59. The molecule has 1 aliphatic rings. The van der Waals surface area contributed by atoms with Crippen LogP contribution in [0.1, 0.15) is 33.6 Å². The second-order valence-electron chi connectivity index (χ2n) is 5.82. The molecule has 0 heterocycles. The van der Waals surface area contributed by atoms with Crippen LogP contribution in [0, 0.1) is 0 Å². The average Bonchev–Trinajstić information content (AvgIpc) is 2.21. The number of nitrogens with one attached hydrogen (secondary N) is 2. The van der Waals surface area contributed by atoms with Gasteiger partial charge in [-0.2, -0.15) is 0 Å². The minimum Gasteiger partial charge on any atom is -0.444 e. The number of halogens is 1. The van der Waals surface area contributed by atoms with Gasteiger partial charge in [-0.15, -0.1) is 0 Å². The van der Waals surface area contributed by atoms with Crippen LogP contribution < -0.4 is 10.6 Å². The highest BCUT2D eigenvalue weighted by Gasteiger charge is 2.45. The van der Waals surface area contributed by atoms with Crippen LogP contribution in [0.25, 0.3) is 0 Å². The Morgan fingerprint density at radius 3 is 2.53 bits per heavy atom. The van der Waals surface area contributed by atoms with E-state index in [1.54, 1.807) is 20.8 Å². The third-order valence-electron chi connectivity index (χ3n) is 2.70. The molecule has 6 heteroatoms. The lowest BCUT2D eigenvalue weighted by molar-refractivity contribution is -0.119. The summed E-state index contributed by atoms with van der Waals surface area (Å²) in [5.41, 5.74) is -2.08. The van der Waals surface area contributed by atoms with E-state index < -0.39 is 17.4 Å². The highest BCUT2D eigenvalue weighted by molar-refractivity contribution is 5.87. The van der Waals surface area contributed by atoms with E-state index in [0.717, 1.165) is 6.08 Å². The third kappa shape index (κ3) is 5.28. The van der Waals surface area contributed by atoms with Gasteiger partial charge in [0.15, 0.2) is 0 Å². The number of amides is 2. The monoisotopic (exact) mass is 272 g/mol. The van der Waals surface area contributed by atoms with Crippen molar-refractivity contribution in [3.8, 4) is 0 Å². The van der Waals surface area contributed by atoms with Crippen LogP contribution in [-0.4, -0.2) is 35.9 Å². The van der Waals surface area contributed by atoms with Crippen LogP contribution in [0.4, 0.5) is 9.18 Å². The molecule has 5 nitrogen and oxygen atoms in total. The van der Waals surface area contributed by atoms with Crippen molar-refractivity contribution in [3.05, 3.63) is 12.7 Å². The van der Waals surface area contributed by atoms with Crippen LogP contribution >= 0.6 is 0 Å². The van der Waals surface area contributed by atoms with Gasteiger partial charge in [0.1, 0.15) is 11.3 Å². The van der Waals surface area contributed by atoms with Gasteiger partial charge in [0, 0.05) is 18.9 Å². The summed E-state index contributed by atoms with van der Waals surface area (Å²) in [4.78, 5) is 22.4. The fraction of sp³-hybridized carbons (Fsp3) is 0.692. The van der Waals surface area contributed by atoms with Gasteiger partial charge in [-0.1, -0.05) is 6.58 Å². The molecule has 0 aromatic heterocycles. The molecule has 1 aliphatic carbocycles. The Labute approximate surface area is 112 Å². The summed E-state index contributed by atoms with van der Waals surface area (Å²) in [7, 11) is 0. The molecule has 0 bridgehead atoms. The van der Waals surface area contributed by atoms with Gasteiger partial charge in [-0.3, -0.25) is 4.79 Å². The van der Waals surface area contributed by atoms with Crippen LogP contribution in [0.15, 0.2) is 12.7 Å². The van der Waals surface area contributed by atoms with Gasteiger partial charge in [0.05, 0.1) is 6.54 Å². The molecule has 0 spiro atoms. The maximum atomic E-state index is 14.1. The molecular formula is C13H21FN2O3. The molecule has 0 radical (unpaired) electrons. The highest BCUT2D eigenvalue weighted by atomic mass is 19.1. The van der Waals surface area contributed by atoms with Crippen LogP contribution in [0.2, 0.25) is 0 Å². The SMILES string of the molecule is C=CC(=O)NC1CC(F)(CNC(=O)OC(C)(C)C)C1. The quantitative estimate of drug-likeness (QED) is 0.765. The van der Waals surface area contributed by atoms with Gasteiger partial charge >= 0.3 is 6.09 Å². The molecular weight excluding hydrogens is 251 g/mol. The summed E-state index contributed by atoms with van der Waals surface area (Å²) in [5.74, 6) is -0.313. The maximum absolute atomic E-state index is 14.1. The number of carbonyl (C=O) groups is 2. The Morgan fingerprint density at radius 1 is 1.47 bits per heavy atom. The zero-order valence-electron chi connectivity index (χ0n) is 11.6. The lowest BCUT2D eigenvalue weighted by atomic mass is 9.77. The lowest BCUT2D eigenvalue weighted by Crippen LogP contribution is -2.57. The Bertz CT molecular complexity index is 371. The van der Waals surface area contributed by atoms with Gasteiger partial charge in [0.2, 0.25) is 5.91 Å². The zero-order valence-corrected chi connectivity index (χ0v) is 11.6. The summed E-state index contributed by atoms with van der Waals surface area (Å²) < 4.78 is 19.1. The number of carbonyl (C=O) groups excluding carboxylic acids is 2. The topological polar surface area (TPSA) is 67.4 Å². The highest BCUT2D eigenvalue weighted by Crippen LogP contribution is 2.35. The van der Waals surface area contributed by atoms with E-state index in [0.29, 0.717) is 0 Å². The molecule has 2 amide bonds. The minimum absolute atomic E-state index is 0.109. The largest absolute Gasteiger partial charge is 0.444 e. The summed E-state index contributed by atoms with van der Waals surface area (Å²) >= 11 is 0. The number of hydrogen-bond donors (Lipinski definition) is 2. The van der Waals surface area contributed by atoms with E-state index in [9.17, 15) is 14.0 Å². The molecule has 1 rings (SSSR count). The molecule has 108 valence electrons. The van der Waals surface area contributed by atoms with Crippen molar-refractivity contribution < 1.29 is 18.7 Å². The second-order valence-corrected chi connectivity index (χ2v) is 5.82. The lowest BCUT2D eigenvalue weighted by Gasteiger charge is -2.41. The van der Waals surface area contributed by atoms with Gasteiger partial charge < -0.3 is 15.4 Å². The number of rotatable bonds is 4. The first-order valence-electron chi connectivity index (χ1n) is 6.22. The summed E-state index contributed by atoms with van der Waals surface area (Å²) in [5, 5.41) is 5.01. The van der Waals surface area contributed by atoms with E-state index in [1.807, 2.05) is 0 Å². The van der Waals surface area contributed by atoms with Crippen molar-refractivity contribution in [1.29, 1.82) is 0 Å². The van der Waals surface area contributed by atoms with Crippen LogP contribution in [0.3, 0.4) is 0 Å². The molecule has 0 unspecified atom stereocenters. The van der Waals surface area contributed by atoms with Crippen molar-refractivity contribution in [3.63, 3.8) is 0 Å². The van der Waals surface area contributed by atoms with Crippen LogP contribution in [0.5, 0.6) is 0 Å².